The highest BCUT2D eigenvalue weighted by Gasteiger charge is 2.40. The van der Waals surface area contributed by atoms with Crippen LogP contribution < -0.4 is 4.90 Å². The monoisotopic (exact) mass is 409 g/mol. The van der Waals surface area contributed by atoms with Gasteiger partial charge in [-0.3, -0.25) is 4.79 Å². The molecule has 2 aliphatic rings. The van der Waals surface area contributed by atoms with Crippen LogP contribution in [0.5, 0.6) is 0 Å². The van der Waals surface area contributed by atoms with Gasteiger partial charge in [-0.25, -0.2) is 9.78 Å². The van der Waals surface area contributed by atoms with Gasteiger partial charge in [0.15, 0.2) is 6.10 Å². The maximum Gasteiger partial charge on any atom is 0.337 e. The van der Waals surface area contributed by atoms with E-state index in [0.717, 1.165) is 25.3 Å². The Labute approximate surface area is 170 Å². The summed E-state index contributed by atoms with van der Waals surface area (Å²) in [4.78, 5) is 32.8. The standard InChI is InChI=1S/C20H28ClN3O4/c1-14(4-6-16-19(26)28-20(2,3)27-16)12-18(25)24-10-8-23(9-11-24)17-7-5-15(21)13-22-17/h5,7,13-14,16H,4,6,8-12H2,1-3H3/t14?,16-/m1/s1. The number of esters is 1. The summed E-state index contributed by atoms with van der Waals surface area (Å²) in [5.74, 6) is 0.0705. The lowest BCUT2D eigenvalue weighted by Gasteiger charge is -2.36. The zero-order valence-electron chi connectivity index (χ0n) is 16.7. The van der Waals surface area contributed by atoms with Crippen molar-refractivity contribution >= 4 is 29.3 Å². The largest absolute Gasteiger partial charge is 0.432 e. The first-order valence-electron chi connectivity index (χ1n) is 9.78. The van der Waals surface area contributed by atoms with E-state index in [1.807, 2.05) is 24.0 Å². The highest BCUT2D eigenvalue weighted by molar-refractivity contribution is 6.30. The fourth-order valence-corrected chi connectivity index (χ4v) is 3.72. The third kappa shape index (κ3) is 5.35. The summed E-state index contributed by atoms with van der Waals surface area (Å²) in [6.07, 6.45) is 2.91. The van der Waals surface area contributed by atoms with Crippen molar-refractivity contribution in [1.82, 2.24) is 9.88 Å². The molecule has 2 aliphatic heterocycles. The molecule has 28 heavy (non-hydrogen) atoms. The number of carbonyl (C=O) groups is 2. The topological polar surface area (TPSA) is 72.0 Å². The van der Waals surface area contributed by atoms with Gasteiger partial charge in [0.1, 0.15) is 5.82 Å². The van der Waals surface area contributed by atoms with E-state index in [2.05, 4.69) is 9.88 Å². The Balaban J connectivity index is 1.40. The van der Waals surface area contributed by atoms with Crippen molar-refractivity contribution in [1.29, 1.82) is 0 Å². The van der Waals surface area contributed by atoms with Gasteiger partial charge in [-0.2, -0.15) is 0 Å². The van der Waals surface area contributed by atoms with Crippen LogP contribution in [0.4, 0.5) is 5.82 Å². The minimum absolute atomic E-state index is 0.159. The van der Waals surface area contributed by atoms with Crippen LogP contribution in [0.3, 0.4) is 0 Å². The molecule has 0 spiro atoms. The molecular weight excluding hydrogens is 382 g/mol. The number of amides is 1. The van der Waals surface area contributed by atoms with Crippen molar-refractivity contribution in [3.05, 3.63) is 23.4 Å². The molecule has 3 rings (SSSR count). The first kappa shape index (κ1) is 20.9. The Hall–Kier alpha value is -1.86. The molecule has 8 heteroatoms. The lowest BCUT2D eigenvalue weighted by molar-refractivity contribution is -0.161. The average molecular weight is 410 g/mol. The van der Waals surface area contributed by atoms with E-state index in [1.54, 1.807) is 20.0 Å². The van der Waals surface area contributed by atoms with Crippen LogP contribution in [0.15, 0.2) is 18.3 Å². The summed E-state index contributed by atoms with van der Waals surface area (Å²) in [6, 6.07) is 3.73. The number of hydrogen-bond donors (Lipinski definition) is 0. The molecule has 0 saturated carbocycles. The lowest BCUT2D eigenvalue weighted by atomic mass is 9.98. The molecular formula is C20H28ClN3O4. The molecule has 0 bridgehead atoms. The number of piperazine rings is 1. The van der Waals surface area contributed by atoms with Crippen LogP contribution in [0.2, 0.25) is 5.02 Å². The van der Waals surface area contributed by atoms with Gasteiger partial charge >= 0.3 is 5.97 Å². The molecule has 7 nitrogen and oxygen atoms in total. The van der Waals surface area contributed by atoms with Gasteiger partial charge in [0.05, 0.1) is 5.02 Å². The number of halogens is 1. The van der Waals surface area contributed by atoms with Crippen molar-refractivity contribution in [3.63, 3.8) is 0 Å². The number of nitrogens with zero attached hydrogens (tertiary/aromatic N) is 3. The molecule has 0 radical (unpaired) electrons. The Bertz CT molecular complexity index is 702. The van der Waals surface area contributed by atoms with E-state index in [9.17, 15) is 9.59 Å². The number of ether oxygens (including phenoxy) is 2. The Morgan fingerprint density at radius 1 is 1.32 bits per heavy atom. The number of aromatic nitrogens is 1. The van der Waals surface area contributed by atoms with Crippen molar-refractivity contribution in [2.24, 2.45) is 5.92 Å². The first-order valence-corrected chi connectivity index (χ1v) is 10.2. The second-order valence-electron chi connectivity index (χ2n) is 8.02. The van der Waals surface area contributed by atoms with E-state index < -0.39 is 11.9 Å². The molecule has 1 aromatic rings. The van der Waals surface area contributed by atoms with Gasteiger partial charge < -0.3 is 19.3 Å². The molecule has 2 fully saturated rings. The molecule has 0 aliphatic carbocycles. The molecule has 2 saturated heterocycles. The summed E-state index contributed by atoms with van der Waals surface area (Å²) in [6.45, 7) is 8.38. The van der Waals surface area contributed by atoms with E-state index >= 15 is 0 Å². The van der Waals surface area contributed by atoms with Gasteiger partial charge in [0.25, 0.3) is 0 Å². The number of rotatable bonds is 6. The fraction of sp³-hybridized carbons (Fsp3) is 0.650. The van der Waals surface area contributed by atoms with Gasteiger partial charge in [0.2, 0.25) is 11.7 Å². The first-order chi connectivity index (χ1) is 13.2. The van der Waals surface area contributed by atoms with Crippen LogP contribution in [-0.2, 0) is 19.1 Å². The van der Waals surface area contributed by atoms with E-state index in [1.165, 1.54) is 0 Å². The van der Waals surface area contributed by atoms with Gasteiger partial charge in [-0.15, -0.1) is 0 Å². The summed E-state index contributed by atoms with van der Waals surface area (Å²) >= 11 is 5.89. The molecule has 0 N–H and O–H groups in total. The summed E-state index contributed by atoms with van der Waals surface area (Å²) < 4.78 is 10.8. The van der Waals surface area contributed by atoms with Crippen LogP contribution in [-0.4, -0.2) is 59.8 Å². The highest BCUT2D eigenvalue weighted by atomic mass is 35.5. The molecule has 3 heterocycles. The Morgan fingerprint density at radius 2 is 2.04 bits per heavy atom. The number of pyridine rings is 1. The minimum atomic E-state index is -0.848. The maximum atomic E-state index is 12.6. The molecule has 0 aromatic carbocycles. The third-order valence-corrected chi connectivity index (χ3v) is 5.37. The number of cyclic esters (lactones) is 1. The predicted octanol–water partition coefficient (Wildman–Crippen LogP) is 2.87. The lowest BCUT2D eigenvalue weighted by Crippen LogP contribution is -2.49. The SMILES string of the molecule is CC(CC[C@H]1OC(C)(C)OC1=O)CC(=O)N1CCN(c2ccc(Cl)cn2)CC1. The van der Waals surface area contributed by atoms with Crippen molar-refractivity contribution < 1.29 is 19.1 Å². The summed E-state index contributed by atoms with van der Waals surface area (Å²) in [7, 11) is 0. The number of carbonyl (C=O) groups excluding carboxylic acids is 2. The van der Waals surface area contributed by atoms with Crippen molar-refractivity contribution in [2.45, 2.75) is 51.9 Å². The van der Waals surface area contributed by atoms with Gasteiger partial charge in [-0.05, 0) is 30.9 Å². The predicted molar refractivity (Wildman–Crippen MR) is 106 cm³/mol. The molecule has 2 atom stereocenters. The summed E-state index contributed by atoms with van der Waals surface area (Å²) in [5.41, 5.74) is 0. The van der Waals surface area contributed by atoms with Gasteiger partial charge in [0, 0.05) is 52.6 Å². The van der Waals surface area contributed by atoms with E-state index in [0.29, 0.717) is 31.0 Å². The zero-order valence-corrected chi connectivity index (χ0v) is 17.4. The average Bonchev–Trinajstić information content (AvgIpc) is 2.92. The maximum absolute atomic E-state index is 12.6. The highest BCUT2D eigenvalue weighted by Crippen LogP contribution is 2.28. The smallest absolute Gasteiger partial charge is 0.337 e. The number of anilines is 1. The second kappa shape index (κ2) is 8.66. The molecule has 154 valence electrons. The minimum Gasteiger partial charge on any atom is -0.432 e. The van der Waals surface area contributed by atoms with Crippen LogP contribution >= 0.6 is 11.6 Å². The Kier molecular flexibility index (Phi) is 6.45. The van der Waals surface area contributed by atoms with Crippen LogP contribution in [0, 0.1) is 5.92 Å². The fourth-order valence-electron chi connectivity index (χ4n) is 3.60. The number of hydrogen-bond acceptors (Lipinski definition) is 6. The second-order valence-corrected chi connectivity index (χ2v) is 8.45. The quantitative estimate of drug-likeness (QED) is 0.673. The Morgan fingerprint density at radius 3 is 2.61 bits per heavy atom. The van der Waals surface area contributed by atoms with E-state index in [-0.39, 0.29) is 17.8 Å². The molecule has 1 amide bonds. The molecule has 1 aromatic heterocycles. The van der Waals surface area contributed by atoms with E-state index in [4.69, 9.17) is 21.1 Å². The van der Waals surface area contributed by atoms with Crippen molar-refractivity contribution in [3.8, 4) is 0 Å². The van der Waals surface area contributed by atoms with Gasteiger partial charge in [-0.1, -0.05) is 18.5 Å². The zero-order chi connectivity index (χ0) is 20.3. The normalized spacial score (nSPS) is 22.9. The third-order valence-electron chi connectivity index (χ3n) is 5.15. The summed E-state index contributed by atoms with van der Waals surface area (Å²) in [5, 5.41) is 0.617. The van der Waals surface area contributed by atoms with Crippen molar-refractivity contribution in [2.75, 3.05) is 31.1 Å². The molecule has 1 unspecified atom stereocenters. The van der Waals surface area contributed by atoms with Crippen LogP contribution in [0.1, 0.15) is 40.0 Å². The van der Waals surface area contributed by atoms with Crippen LogP contribution in [0.25, 0.3) is 0 Å².